The van der Waals surface area contributed by atoms with Crippen molar-refractivity contribution in [1.29, 1.82) is 0 Å². The Morgan fingerprint density at radius 3 is 2.44 bits per heavy atom. The van der Waals surface area contributed by atoms with E-state index in [0.717, 1.165) is 67.5 Å². The van der Waals surface area contributed by atoms with E-state index in [1.165, 1.54) is 0 Å². The summed E-state index contributed by atoms with van der Waals surface area (Å²) in [6.07, 6.45) is 4.73. The summed E-state index contributed by atoms with van der Waals surface area (Å²) in [7, 11) is 3.73. The number of carbonyl (C=O) groups is 3. The first-order valence-corrected chi connectivity index (χ1v) is 20.8. The summed E-state index contributed by atoms with van der Waals surface area (Å²) in [6, 6.07) is 12.6. The number of amides is 2. The molecule has 3 aliphatic rings. The number of carboxylic acid groups (broad SMARTS) is 1. The highest BCUT2D eigenvalue weighted by Crippen LogP contribution is 2.46. The maximum Gasteiger partial charge on any atom is 0.335 e. The summed E-state index contributed by atoms with van der Waals surface area (Å²) in [5.41, 5.74) is 8.43. The minimum Gasteiger partial charge on any atom is -0.494 e. The first-order chi connectivity index (χ1) is 28.1. The molecule has 2 amide bonds. The van der Waals surface area contributed by atoms with Crippen molar-refractivity contribution >= 4 is 79.9 Å². The number of halogens is 2. The van der Waals surface area contributed by atoms with Crippen molar-refractivity contribution in [3.05, 3.63) is 98.4 Å². The number of nitrogens with zero attached hydrogens (tertiary/aromatic N) is 7. The number of rotatable bonds is 10. The lowest BCUT2D eigenvalue weighted by atomic mass is 10.0. The number of aliphatic imine (C=N–C) groups is 1. The lowest BCUT2D eigenvalue weighted by Gasteiger charge is -2.40. The molecule has 12 nitrogen and oxygen atoms in total. The van der Waals surface area contributed by atoms with Crippen LogP contribution in [0.25, 0.3) is 21.8 Å². The predicted octanol–water partition coefficient (Wildman–Crippen LogP) is 8.27. The molecule has 0 aliphatic carbocycles. The van der Waals surface area contributed by atoms with Crippen molar-refractivity contribution in [3.63, 3.8) is 0 Å². The van der Waals surface area contributed by atoms with Crippen LogP contribution in [0.4, 0.5) is 11.4 Å². The third-order valence-corrected chi connectivity index (χ3v) is 12.8. The molecule has 59 heavy (non-hydrogen) atoms. The molecule has 3 aromatic carbocycles. The first-order valence-electron chi connectivity index (χ1n) is 20.0. The van der Waals surface area contributed by atoms with Gasteiger partial charge in [-0.15, -0.1) is 0 Å². The van der Waals surface area contributed by atoms with E-state index >= 15 is 4.79 Å². The number of benzene rings is 3. The average Bonchev–Trinajstić information content (AvgIpc) is 3.70. The van der Waals surface area contributed by atoms with E-state index < -0.39 is 5.97 Å². The van der Waals surface area contributed by atoms with Crippen LogP contribution in [-0.2, 0) is 18.3 Å². The smallest absolute Gasteiger partial charge is 0.335 e. The Hall–Kier alpha value is -5.30. The summed E-state index contributed by atoms with van der Waals surface area (Å²) >= 11 is 13.7. The zero-order valence-corrected chi connectivity index (χ0v) is 36.0. The number of fused-ring (bicyclic) bond motifs is 4. The van der Waals surface area contributed by atoms with Gasteiger partial charge in [0.1, 0.15) is 17.6 Å². The van der Waals surface area contributed by atoms with Gasteiger partial charge >= 0.3 is 5.97 Å². The van der Waals surface area contributed by atoms with E-state index in [4.69, 9.17) is 32.9 Å². The SMILES string of the molecule is CC1=CC(C)=NC(CN2CCN(C)C(=O)C2)N1c1c(Cl)ccc2c(CCCOc3cc(C)c(Cl)c(C)c3)c3n(c12)[C@H](C)CN(c1cn(C)c2ccc(C(=O)O)cc12)C3=O. The maximum absolute atomic E-state index is 15.3. The van der Waals surface area contributed by atoms with Gasteiger partial charge in [0.2, 0.25) is 5.91 Å². The van der Waals surface area contributed by atoms with Gasteiger partial charge < -0.3 is 33.7 Å². The van der Waals surface area contributed by atoms with Gasteiger partial charge in [-0.05, 0) is 107 Å². The van der Waals surface area contributed by atoms with Crippen LogP contribution in [0.3, 0.4) is 0 Å². The van der Waals surface area contributed by atoms with E-state index in [2.05, 4.69) is 28.2 Å². The molecule has 5 heterocycles. The molecule has 2 atom stereocenters. The molecule has 3 aliphatic heterocycles. The van der Waals surface area contributed by atoms with Gasteiger partial charge in [0.05, 0.1) is 40.6 Å². The number of allylic oxidation sites excluding steroid dienone is 2. The molecule has 1 unspecified atom stereocenters. The van der Waals surface area contributed by atoms with Crippen LogP contribution in [0.2, 0.25) is 10.0 Å². The fourth-order valence-electron chi connectivity index (χ4n) is 9.07. The van der Waals surface area contributed by atoms with E-state index in [-0.39, 0.29) is 29.6 Å². The van der Waals surface area contributed by atoms with Crippen LogP contribution in [0.15, 0.2) is 65.4 Å². The molecule has 5 aromatic rings. The Morgan fingerprint density at radius 2 is 1.73 bits per heavy atom. The van der Waals surface area contributed by atoms with E-state index in [0.29, 0.717) is 67.4 Å². The largest absolute Gasteiger partial charge is 0.494 e. The molecule has 14 heteroatoms. The van der Waals surface area contributed by atoms with Crippen molar-refractivity contribution in [1.82, 2.24) is 18.9 Å². The highest BCUT2D eigenvalue weighted by atomic mass is 35.5. The molecular weight excluding hydrogens is 789 g/mol. The van der Waals surface area contributed by atoms with Gasteiger partial charge in [-0.3, -0.25) is 19.5 Å². The van der Waals surface area contributed by atoms with Gasteiger partial charge in [0.25, 0.3) is 5.91 Å². The fraction of sp³-hybridized carbons (Fsp3) is 0.378. The molecule has 0 radical (unpaired) electrons. The second-order valence-corrected chi connectivity index (χ2v) is 17.0. The zero-order valence-electron chi connectivity index (χ0n) is 34.5. The van der Waals surface area contributed by atoms with Gasteiger partial charge in [-0.25, -0.2) is 4.79 Å². The number of aromatic nitrogens is 2. The number of hydrogen-bond acceptors (Lipinski definition) is 7. The third-order valence-electron chi connectivity index (χ3n) is 11.9. The molecule has 1 N–H and O–H groups in total. The molecule has 0 saturated carbocycles. The van der Waals surface area contributed by atoms with Gasteiger partial charge in [-0.1, -0.05) is 29.3 Å². The van der Waals surface area contributed by atoms with Crippen molar-refractivity contribution in [2.75, 3.05) is 56.2 Å². The van der Waals surface area contributed by atoms with Crippen molar-refractivity contribution in [2.45, 2.75) is 59.7 Å². The Bertz CT molecular complexity index is 2600. The molecular formula is C45H49Cl2N7O5. The molecule has 1 saturated heterocycles. The van der Waals surface area contributed by atoms with Crippen molar-refractivity contribution < 1.29 is 24.2 Å². The number of piperazine rings is 1. The lowest BCUT2D eigenvalue weighted by Crippen LogP contribution is -2.53. The number of ether oxygens (including phenoxy) is 1. The normalized spacial score (nSPS) is 18.8. The van der Waals surface area contributed by atoms with E-state index in [1.807, 2.05) is 76.0 Å². The molecule has 0 spiro atoms. The minimum atomic E-state index is -1.03. The molecule has 308 valence electrons. The standard InChI is InChI=1S/C45H49Cl2N7O5/c1-25-17-31(18-26(2)40(25)47)59-16-8-9-32-33-11-12-35(46)43(53-28(4)19-27(3)48-38(53)23-51-15-14-49(6)39(55)24-51)41(33)54-29(5)21-52(44(56)42(32)54)37-22-50(7)36-13-10-30(45(57)58)20-34(36)37/h10-13,17-20,22,29,38H,8-9,14-16,21,23-24H2,1-7H3,(H,57,58)/t29-,38?/m1/s1. The zero-order chi connectivity index (χ0) is 42.0. The van der Waals surface area contributed by atoms with Gasteiger partial charge in [0.15, 0.2) is 0 Å². The van der Waals surface area contributed by atoms with Crippen LogP contribution in [-0.4, -0.2) is 100 Å². The Balaban J connectivity index is 1.25. The monoisotopic (exact) mass is 837 g/mol. The summed E-state index contributed by atoms with van der Waals surface area (Å²) in [5, 5.41) is 12.7. The van der Waals surface area contributed by atoms with E-state index in [9.17, 15) is 14.7 Å². The molecule has 1 fully saturated rings. The molecule has 8 rings (SSSR count). The Labute approximate surface area is 353 Å². The summed E-state index contributed by atoms with van der Waals surface area (Å²) in [5.74, 6) is -0.394. The third kappa shape index (κ3) is 7.25. The molecule has 0 bridgehead atoms. The highest BCUT2D eigenvalue weighted by Gasteiger charge is 2.39. The number of hydrogen-bond donors (Lipinski definition) is 1. The summed E-state index contributed by atoms with van der Waals surface area (Å²) in [4.78, 5) is 53.1. The maximum atomic E-state index is 15.3. The van der Waals surface area contributed by atoms with Crippen LogP contribution >= 0.6 is 23.2 Å². The number of aryl methyl sites for hydroxylation is 4. The van der Waals surface area contributed by atoms with E-state index in [1.54, 1.807) is 28.0 Å². The van der Waals surface area contributed by atoms with Crippen LogP contribution in [0.1, 0.15) is 70.8 Å². The van der Waals surface area contributed by atoms with Crippen molar-refractivity contribution in [3.8, 4) is 5.75 Å². The number of anilines is 2. The first kappa shape index (κ1) is 40.5. The van der Waals surface area contributed by atoms with Crippen LogP contribution < -0.4 is 14.5 Å². The summed E-state index contributed by atoms with van der Waals surface area (Å²) < 4.78 is 10.3. The highest BCUT2D eigenvalue weighted by molar-refractivity contribution is 6.35. The average molecular weight is 839 g/mol. The van der Waals surface area contributed by atoms with Crippen molar-refractivity contribution in [2.24, 2.45) is 12.0 Å². The number of likely N-dealkylation sites (N-methyl/N-ethyl adjacent to an activating group) is 1. The number of carbonyl (C=O) groups excluding carboxylic acids is 2. The van der Waals surface area contributed by atoms with Gasteiger partial charge in [0, 0.05) is 85.2 Å². The van der Waals surface area contributed by atoms with Gasteiger partial charge in [-0.2, -0.15) is 0 Å². The second-order valence-electron chi connectivity index (χ2n) is 16.2. The Morgan fingerprint density at radius 1 is 0.983 bits per heavy atom. The molecule has 2 aromatic heterocycles. The fourth-order valence-corrected chi connectivity index (χ4v) is 9.43. The predicted molar refractivity (Wildman–Crippen MR) is 235 cm³/mol. The quantitative estimate of drug-likeness (QED) is 0.141. The lowest BCUT2D eigenvalue weighted by molar-refractivity contribution is -0.134. The van der Waals surface area contributed by atoms with Crippen LogP contribution in [0.5, 0.6) is 5.75 Å². The minimum absolute atomic E-state index is 0.0737. The van der Waals surface area contributed by atoms with Crippen LogP contribution in [0, 0.1) is 13.8 Å². The summed E-state index contributed by atoms with van der Waals surface area (Å²) in [6.45, 7) is 13.0. The number of aromatic carboxylic acids is 1. The topological polar surface area (TPSA) is 116 Å². The second kappa shape index (κ2) is 15.7. The number of carboxylic acids is 1. The Kier molecular flexibility index (Phi) is 10.8.